The number of carboxylic acids is 1. The van der Waals surface area contributed by atoms with Crippen molar-refractivity contribution < 1.29 is 9.90 Å². The number of likely N-dealkylation sites (N-methyl/N-ethyl adjacent to an activating group) is 1. The Balaban J connectivity index is 2.06. The Morgan fingerprint density at radius 2 is 1.95 bits per heavy atom. The van der Waals surface area contributed by atoms with Crippen molar-refractivity contribution in [2.45, 2.75) is 0 Å². The van der Waals surface area contributed by atoms with Crippen LogP contribution in [0.3, 0.4) is 0 Å². The number of aromatic nitrogens is 4. The molecule has 0 bridgehead atoms. The number of fused-ring (bicyclic) bond motifs is 1. The summed E-state index contributed by atoms with van der Waals surface area (Å²) in [6, 6.07) is 13.1. The van der Waals surface area contributed by atoms with Gasteiger partial charge in [0, 0.05) is 12.6 Å². The van der Waals surface area contributed by atoms with Gasteiger partial charge < -0.3 is 10.0 Å². The second-order valence-corrected chi connectivity index (χ2v) is 4.60. The third-order valence-corrected chi connectivity index (χ3v) is 3.04. The maximum Gasteiger partial charge on any atom is 0.323 e. The van der Waals surface area contributed by atoms with Gasteiger partial charge in [0.05, 0.1) is 0 Å². The molecular weight excluding hydrogens is 270 g/mol. The van der Waals surface area contributed by atoms with E-state index in [1.165, 1.54) is 0 Å². The minimum atomic E-state index is -0.911. The summed E-state index contributed by atoms with van der Waals surface area (Å²) in [4.78, 5) is 12.3. The first-order valence-electron chi connectivity index (χ1n) is 6.36. The van der Waals surface area contributed by atoms with E-state index in [0.29, 0.717) is 17.3 Å². The lowest BCUT2D eigenvalue weighted by atomic mass is 10.2. The molecule has 106 valence electrons. The number of nitrogens with zero attached hydrogens (tertiary/aromatic N) is 5. The van der Waals surface area contributed by atoms with Gasteiger partial charge in [-0.3, -0.25) is 4.79 Å². The fourth-order valence-electron chi connectivity index (χ4n) is 2.03. The molecule has 0 aliphatic rings. The second-order valence-electron chi connectivity index (χ2n) is 4.60. The van der Waals surface area contributed by atoms with E-state index >= 15 is 0 Å². The van der Waals surface area contributed by atoms with Gasteiger partial charge in [-0.2, -0.15) is 4.52 Å². The van der Waals surface area contributed by atoms with Gasteiger partial charge in [-0.1, -0.05) is 30.3 Å². The van der Waals surface area contributed by atoms with Gasteiger partial charge >= 0.3 is 5.97 Å². The molecule has 0 amide bonds. The van der Waals surface area contributed by atoms with Crippen molar-refractivity contribution in [1.82, 2.24) is 19.8 Å². The molecule has 0 radical (unpaired) electrons. The lowest BCUT2D eigenvalue weighted by Crippen LogP contribution is -2.26. The van der Waals surface area contributed by atoms with Crippen molar-refractivity contribution >= 4 is 17.4 Å². The first-order valence-corrected chi connectivity index (χ1v) is 6.36. The van der Waals surface area contributed by atoms with Crippen LogP contribution in [-0.4, -0.2) is 44.5 Å². The summed E-state index contributed by atoms with van der Waals surface area (Å²) in [5.74, 6) is 0.254. The summed E-state index contributed by atoms with van der Waals surface area (Å²) in [5.41, 5.74) is 1.51. The summed E-state index contributed by atoms with van der Waals surface area (Å²) in [6.45, 7) is -0.124. The maximum absolute atomic E-state index is 10.8. The minimum Gasteiger partial charge on any atom is -0.480 e. The van der Waals surface area contributed by atoms with Crippen LogP contribution in [0, 0.1) is 0 Å². The van der Waals surface area contributed by atoms with Crippen LogP contribution in [0.2, 0.25) is 0 Å². The Kier molecular flexibility index (Phi) is 3.23. The van der Waals surface area contributed by atoms with Crippen LogP contribution >= 0.6 is 0 Å². The average Bonchev–Trinajstić information content (AvgIpc) is 2.90. The SMILES string of the molecule is CN(CC(=O)O)c1ccc2nnc(-c3ccccc3)n2n1. The fourth-order valence-corrected chi connectivity index (χ4v) is 2.03. The summed E-state index contributed by atoms with van der Waals surface area (Å²) in [7, 11) is 1.68. The van der Waals surface area contributed by atoms with E-state index in [4.69, 9.17) is 5.11 Å². The third-order valence-electron chi connectivity index (χ3n) is 3.04. The molecule has 7 nitrogen and oxygen atoms in total. The molecule has 0 unspecified atom stereocenters. The Morgan fingerprint density at radius 1 is 1.19 bits per heavy atom. The van der Waals surface area contributed by atoms with Crippen LogP contribution in [0.1, 0.15) is 0 Å². The van der Waals surface area contributed by atoms with Crippen LogP contribution in [0.4, 0.5) is 5.82 Å². The molecule has 2 heterocycles. The van der Waals surface area contributed by atoms with E-state index in [2.05, 4.69) is 15.3 Å². The van der Waals surface area contributed by atoms with E-state index in [0.717, 1.165) is 5.56 Å². The second kappa shape index (κ2) is 5.20. The summed E-state index contributed by atoms with van der Waals surface area (Å²) >= 11 is 0. The van der Waals surface area contributed by atoms with Gasteiger partial charge in [0.25, 0.3) is 0 Å². The molecule has 1 N–H and O–H groups in total. The standard InChI is InChI=1S/C14H13N5O2/c1-18(9-13(20)21)12-8-7-11-15-16-14(19(11)17-12)10-5-3-2-4-6-10/h2-8H,9H2,1H3,(H,20,21). The van der Waals surface area contributed by atoms with Crippen molar-refractivity contribution in [3.8, 4) is 11.4 Å². The zero-order valence-electron chi connectivity index (χ0n) is 11.3. The van der Waals surface area contributed by atoms with E-state index < -0.39 is 5.97 Å². The molecule has 0 saturated carbocycles. The number of aliphatic carboxylic acids is 1. The van der Waals surface area contributed by atoms with Crippen molar-refractivity contribution in [3.05, 3.63) is 42.5 Å². The van der Waals surface area contributed by atoms with Gasteiger partial charge in [0.1, 0.15) is 12.4 Å². The van der Waals surface area contributed by atoms with Crippen LogP contribution < -0.4 is 4.90 Å². The van der Waals surface area contributed by atoms with Crippen molar-refractivity contribution in [2.75, 3.05) is 18.5 Å². The number of anilines is 1. The highest BCUT2D eigenvalue weighted by atomic mass is 16.4. The molecule has 0 spiro atoms. The first kappa shape index (κ1) is 13.0. The highest BCUT2D eigenvalue weighted by molar-refractivity contribution is 5.73. The average molecular weight is 283 g/mol. The third kappa shape index (κ3) is 2.53. The van der Waals surface area contributed by atoms with Gasteiger partial charge in [0.15, 0.2) is 11.5 Å². The quantitative estimate of drug-likeness (QED) is 0.777. The van der Waals surface area contributed by atoms with Crippen LogP contribution in [0.5, 0.6) is 0 Å². The summed E-state index contributed by atoms with van der Waals surface area (Å²) in [5, 5.41) is 21.5. The van der Waals surface area contributed by atoms with Crippen LogP contribution in [-0.2, 0) is 4.79 Å². The van der Waals surface area contributed by atoms with Gasteiger partial charge in [-0.05, 0) is 12.1 Å². The molecular formula is C14H13N5O2. The number of benzene rings is 1. The number of hydrogen-bond acceptors (Lipinski definition) is 5. The topological polar surface area (TPSA) is 83.6 Å². The van der Waals surface area contributed by atoms with Crippen LogP contribution in [0.25, 0.3) is 17.0 Å². The predicted octanol–water partition coefficient (Wildman–Crippen LogP) is 1.31. The molecule has 3 rings (SSSR count). The van der Waals surface area contributed by atoms with E-state index in [1.54, 1.807) is 28.6 Å². The summed E-state index contributed by atoms with van der Waals surface area (Å²) < 4.78 is 1.61. The predicted molar refractivity (Wildman–Crippen MR) is 77.1 cm³/mol. The molecule has 7 heteroatoms. The van der Waals surface area contributed by atoms with E-state index in [9.17, 15) is 4.79 Å². The van der Waals surface area contributed by atoms with E-state index in [1.807, 2.05) is 30.3 Å². The van der Waals surface area contributed by atoms with Crippen molar-refractivity contribution in [1.29, 1.82) is 0 Å². The highest BCUT2D eigenvalue weighted by Gasteiger charge is 2.12. The highest BCUT2D eigenvalue weighted by Crippen LogP contribution is 2.18. The number of rotatable bonds is 4. The molecule has 0 fully saturated rings. The largest absolute Gasteiger partial charge is 0.480 e. The molecule has 21 heavy (non-hydrogen) atoms. The molecule has 0 aliphatic carbocycles. The normalized spacial score (nSPS) is 10.7. The molecule has 3 aromatic rings. The Morgan fingerprint density at radius 3 is 2.67 bits per heavy atom. The Labute approximate surface area is 120 Å². The number of hydrogen-bond donors (Lipinski definition) is 1. The summed E-state index contributed by atoms with van der Waals surface area (Å²) in [6.07, 6.45) is 0. The van der Waals surface area contributed by atoms with Crippen molar-refractivity contribution in [2.24, 2.45) is 0 Å². The molecule has 0 aliphatic heterocycles. The lowest BCUT2D eigenvalue weighted by molar-refractivity contribution is -0.135. The van der Waals surface area contributed by atoms with Gasteiger partial charge in [-0.25, -0.2) is 0 Å². The smallest absolute Gasteiger partial charge is 0.323 e. The zero-order valence-corrected chi connectivity index (χ0v) is 11.3. The molecule has 2 aromatic heterocycles. The zero-order chi connectivity index (χ0) is 14.8. The minimum absolute atomic E-state index is 0.124. The monoisotopic (exact) mass is 283 g/mol. The fraction of sp³-hybridized carbons (Fsp3) is 0.143. The Bertz CT molecular complexity index is 784. The molecule has 0 atom stereocenters. The van der Waals surface area contributed by atoms with Gasteiger partial charge in [0.2, 0.25) is 0 Å². The maximum atomic E-state index is 10.8. The lowest BCUT2D eigenvalue weighted by Gasteiger charge is -2.15. The number of carbonyl (C=O) groups is 1. The van der Waals surface area contributed by atoms with E-state index in [-0.39, 0.29) is 6.54 Å². The van der Waals surface area contributed by atoms with Gasteiger partial charge in [-0.15, -0.1) is 15.3 Å². The van der Waals surface area contributed by atoms with Crippen molar-refractivity contribution in [3.63, 3.8) is 0 Å². The number of carboxylic acid groups (broad SMARTS) is 1. The molecule has 0 saturated heterocycles. The Hall–Kier alpha value is -2.96. The first-order chi connectivity index (χ1) is 10.1. The van der Waals surface area contributed by atoms with Crippen LogP contribution in [0.15, 0.2) is 42.5 Å². The molecule has 1 aromatic carbocycles.